The minimum Gasteiger partial charge on any atom is -0.499 e. The highest BCUT2D eigenvalue weighted by atomic mass is 16.5. The average Bonchev–Trinajstić information content (AvgIpc) is 2.03. The molecule has 0 spiro atoms. The fourth-order valence-electron chi connectivity index (χ4n) is 1.67. The number of hydrogen-bond donors (Lipinski definition) is 0. The molecule has 76 valence electrons. The van der Waals surface area contributed by atoms with Gasteiger partial charge < -0.3 is 14.4 Å². The lowest BCUT2D eigenvalue weighted by Crippen LogP contribution is -2.49. The third kappa shape index (κ3) is 2.23. The maximum atomic E-state index is 5.71. The molecule has 1 atom stereocenters. The summed E-state index contributed by atoms with van der Waals surface area (Å²) < 4.78 is 10.9. The first-order valence-corrected chi connectivity index (χ1v) is 4.52. The Balaban J connectivity index is 2.84. The van der Waals surface area contributed by atoms with Gasteiger partial charge in [-0.3, -0.25) is 0 Å². The van der Waals surface area contributed by atoms with Crippen molar-refractivity contribution in [2.45, 2.75) is 25.5 Å². The molecule has 0 aliphatic carbocycles. The molecule has 0 aromatic carbocycles. The molecule has 1 aliphatic rings. The van der Waals surface area contributed by atoms with Gasteiger partial charge in [0.1, 0.15) is 12.4 Å². The zero-order chi connectivity index (χ0) is 10.1. The SMILES string of the molecule is COC1=CC(N(C)C)C(C)(C)OC1. The molecule has 0 saturated carbocycles. The third-order valence-corrected chi connectivity index (χ3v) is 2.46. The first-order chi connectivity index (χ1) is 5.97. The monoisotopic (exact) mass is 185 g/mol. The predicted octanol–water partition coefficient (Wildman–Crippen LogP) is 1.26. The van der Waals surface area contributed by atoms with E-state index < -0.39 is 0 Å². The highest BCUT2D eigenvalue weighted by molar-refractivity contribution is 5.11. The predicted molar refractivity (Wildman–Crippen MR) is 52.6 cm³/mol. The normalized spacial score (nSPS) is 27.2. The topological polar surface area (TPSA) is 21.7 Å². The van der Waals surface area contributed by atoms with Crippen molar-refractivity contribution < 1.29 is 9.47 Å². The van der Waals surface area contributed by atoms with E-state index in [0.29, 0.717) is 6.61 Å². The Kier molecular flexibility index (Phi) is 2.98. The van der Waals surface area contributed by atoms with Crippen molar-refractivity contribution in [3.8, 4) is 0 Å². The number of likely N-dealkylation sites (N-methyl/N-ethyl adjacent to an activating group) is 1. The Morgan fingerprint density at radius 1 is 1.54 bits per heavy atom. The standard InChI is InChI=1S/C10H19NO2/c1-10(2)9(11(3)4)6-8(12-5)7-13-10/h6,9H,7H2,1-5H3. The summed E-state index contributed by atoms with van der Waals surface area (Å²) in [5, 5.41) is 0. The molecule has 1 aliphatic heterocycles. The molecule has 1 unspecified atom stereocenters. The van der Waals surface area contributed by atoms with Gasteiger partial charge in [0.05, 0.1) is 18.8 Å². The first kappa shape index (κ1) is 10.5. The Morgan fingerprint density at radius 3 is 2.62 bits per heavy atom. The Hall–Kier alpha value is -0.540. The zero-order valence-corrected chi connectivity index (χ0v) is 9.13. The maximum Gasteiger partial charge on any atom is 0.119 e. The van der Waals surface area contributed by atoms with E-state index in [2.05, 4.69) is 24.8 Å². The minimum atomic E-state index is -0.133. The van der Waals surface area contributed by atoms with Crippen LogP contribution in [-0.4, -0.2) is 44.4 Å². The summed E-state index contributed by atoms with van der Waals surface area (Å²) in [4.78, 5) is 2.14. The highest BCUT2D eigenvalue weighted by Gasteiger charge is 2.34. The van der Waals surface area contributed by atoms with Crippen molar-refractivity contribution >= 4 is 0 Å². The van der Waals surface area contributed by atoms with Gasteiger partial charge in [-0.1, -0.05) is 0 Å². The van der Waals surface area contributed by atoms with Crippen molar-refractivity contribution in [2.24, 2.45) is 0 Å². The van der Waals surface area contributed by atoms with Crippen LogP contribution in [0.4, 0.5) is 0 Å². The summed E-state index contributed by atoms with van der Waals surface area (Å²) in [6, 6.07) is 0.274. The molecular weight excluding hydrogens is 166 g/mol. The van der Waals surface area contributed by atoms with Crippen molar-refractivity contribution in [1.29, 1.82) is 0 Å². The van der Waals surface area contributed by atoms with Crippen LogP contribution in [0.25, 0.3) is 0 Å². The molecule has 0 radical (unpaired) electrons. The molecule has 0 N–H and O–H groups in total. The van der Waals surface area contributed by atoms with Gasteiger partial charge >= 0.3 is 0 Å². The van der Waals surface area contributed by atoms with Crippen LogP contribution in [0.3, 0.4) is 0 Å². The van der Waals surface area contributed by atoms with Crippen LogP contribution in [0.1, 0.15) is 13.8 Å². The van der Waals surface area contributed by atoms with Gasteiger partial charge in [-0.05, 0) is 34.0 Å². The van der Waals surface area contributed by atoms with Crippen LogP contribution in [0.2, 0.25) is 0 Å². The molecule has 13 heavy (non-hydrogen) atoms. The molecule has 0 bridgehead atoms. The van der Waals surface area contributed by atoms with Crippen LogP contribution in [0.15, 0.2) is 11.8 Å². The second-order valence-corrected chi connectivity index (χ2v) is 4.14. The van der Waals surface area contributed by atoms with Crippen LogP contribution in [0, 0.1) is 0 Å². The van der Waals surface area contributed by atoms with Crippen molar-refractivity contribution in [1.82, 2.24) is 4.90 Å². The van der Waals surface area contributed by atoms with E-state index in [0.717, 1.165) is 5.76 Å². The Morgan fingerprint density at radius 2 is 2.15 bits per heavy atom. The van der Waals surface area contributed by atoms with E-state index in [1.165, 1.54) is 0 Å². The summed E-state index contributed by atoms with van der Waals surface area (Å²) in [6.45, 7) is 4.77. The van der Waals surface area contributed by atoms with E-state index in [4.69, 9.17) is 9.47 Å². The first-order valence-electron chi connectivity index (χ1n) is 4.52. The Labute approximate surface area is 80.3 Å². The smallest absolute Gasteiger partial charge is 0.119 e. The van der Waals surface area contributed by atoms with E-state index >= 15 is 0 Å². The maximum absolute atomic E-state index is 5.71. The van der Waals surface area contributed by atoms with Crippen LogP contribution in [-0.2, 0) is 9.47 Å². The quantitative estimate of drug-likeness (QED) is 0.646. The van der Waals surface area contributed by atoms with E-state index in [-0.39, 0.29) is 11.6 Å². The number of methoxy groups -OCH3 is 1. The van der Waals surface area contributed by atoms with Crippen LogP contribution >= 0.6 is 0 Å². The largest absolute Gasteiger partial charge is 0.499 e. The average molecular weight is 185 g/mol. The van der Waals surface area contributed by atoms with Gasteiger partial charge in [0.2, 0.25) is 0 Å². The molecule has 0 aromatic heterocycles. The van der Waals surface area contributed by atoms with E-state index in [1.807, 2.05) is 14.1 Å². The minimum absolute atomic E-state index is 0.133. The van der Waals surface area contributed by atoms with Crippen LogP contribution < -0.4 is 0 Å². The zero-order valence-electron chi connectivity index (χ0n) is 9.13. The number of ether oxygens (including phenoxy) is 2. The molecule has 0 fully saturated rings. The second-order valence-electron chi connectivity index (χ2n) is 4.14. The molecule has 0 saturated heterocycles. The van der Waals surface area contributed by atoms with Gasteiger partial charge in [0.15, 0.2) is 0 Å². The van der Waals surface area contributed by atoms with Gasteiger partial charge in [-0.2, -0.15) is 0 Å². The van der Waals surface area contributed by atoms with Crippen molar-refractivity contribution in [2.75, 3.05) is 27.8 Å². The molecule has 1 heterocycles. The van der Waals surface area contributed by atoms with Gasteiger partial charge in [-0.25, -0.2) is 0 Å². The lowest BCUT2D eigenvalue weighted by Gasteiger charge is -2.40. The summed E-state index contributed by atoms with van der Waals surface area (Å²) in [5.74, 6) is 0.915. The van der Waals surface area contributed by atoms with Crippen molar-refractivity contribution in [3.63, 3.8) is 0 Å². The van der Waals surface area contributed by atoms with Crippen LogP contribution in [0.5, 0.6) is 0 Å². The fraction of sp³-hybridized carbons (Fsp3) is 0.800. The van der Waals surface area contributed by atoms with E-state index in [9.17, 15) is 0 Å². The summed E-state index contributed by atoms with van der Waals surface area (Å²) in [5.41, 5.74) is -0.133. The molecule has 3 nitrogen and oxygen atoms in total. The van der Waals surface area contributed by atoms with Gasteiger partial charge in [0.25, 0.3) is 0 Å². The van der Waals surface area contributed by atoms with Gasteiger partial charge in [-0.15, -0.1) is 0 Å². The van der Waals surface area contributed by atoms with E-state index in [1.54, 1.807) is 7.11 Å². The van der Waals surface area contributed by atoms with Crippen molar-refractivity contribution in [3.05, 3.63) is 11.8 Å². The molecule has 1 rings (SSSR count). The lowest BCUT2D eigenvalue weighted by molar-refractivity contribution is -0.0700. The summed E-state index contributed by atoms with van der Waals surface area (Å²) >= 11 is 0. The lowest BCUT2D eigenvalue weighted by atomic mass is 9.95. The third-order valence-electron chi connectivity index (χ3n) is 2.46. The second kappa shape index (κ2) is 3.68. The number of hydrogen-bond acceptors (Lipinski definition) is 3. The molecular formula is C10H19NO2. The highest BCUT2D eigenvalue weighted by Crippen LogP contribution is 2.26. The van der Waals surface area contributed by atoms with Gasteiger partial charge in [0, 0.05) is 0 Å². The fourth-order valence-corrected chi connectivity index (χ4v) is 1.67. The summed E-state index contributed by atoms with van der Waals surface area (Å²) in [7, 11) is 5.77. The number of nitrogens with zero attached hydrogens (tertiary/aromatic N) is 1. The number of rotatable bonds is 2. The molecule has 0 amide bonds. The summed E-state index contributed by atoms with van der Waals surface area (Å²) in [6.07, 6.45) is 2.13. The Bertz CT molecular complexity index is 209. The molecule has 3 heteroatoms. The molecule has 0 aromatic rings.